The summed E-state index contributed by atoms with van der Waals surface area (Å²) in [4.78, 5) is 2.46. The van der Waals surface area contributed by atoms with Crippen LogP contribution in [0.4, 0.5) is 0 Å². The van der Waals surface area contributed by atoms with E-state index in [1.165, 1.54) is 12.1 Å². The maximum atomic E-state index is 5.31. The smallest absolute Gasteiger partial charge is 0.0594 e. The van der Waals surface area contributed by atoms with E-state index in [9.17, 15) is 0 Å². The summed E-state index contributed by atoms with van der Waals surface area (Å²) in [6.07, 6.45) is 3.03. The summed E-state index contributed by atoms with van der Waals surface area (Å²) in [5.41, 5.74) is 1.25. The zero-order chi connectivity index (χ0) is 10.5. The van der Waals surface area contributed by atoms with Gasteiger partial charge >= 0.3 is 0 Å². The van der Waals surface area contributed by atoms with Crippen LogP contribution in [0.1, 0.15) is 12.1 Å². The molecule has 1 aliphatic rings. The molecule has 4 nitrogen and oxygen atoms in total. The first-order valence-electron chi connectivity index (χ1n) is 5.65. The van der Waals surface area contributed by atoms with Gasteiger partial charge in [0.25, 0.3) is 0 Å². The molecule has 0 atom stereocenters. The number of nitrogens with zero attached hydrogens (tertiary/aromatic N) is 3. The Morgan fingerprint density at radius 2 is 2.13 bits per heavy atom. The van der Waals surface area contributed by atoms with E-state index in [1.54, 1.807) is 0 Å². The summed E-state index contributed by atoms with van der Waals surface area (Å²) in [6.45, 7) is 8.22. The molecule has 0 amide bonds. The number of hydrogen-bond acceptors (Lipinski definition) is 3. The van der Waals surface area contributed by atoms with Crippen LogP contribution in [-0.4, -0.2) is 47.5 Å². The van der Waals surface area contributed by atoms with Crippen molar-refractivity contribution >= 4 is 0 Å². The molecule has 0 saturated carbocycles. The van der Waals surface area contributed by atoms with Gasteiger partial charge in [0.2, 0.25) is 0 Å². The molecular weight excluding hydrogens is 190 g/mol. The lowest BCUT2D eigenvalue weighted by Gasteiger charge is -2.26. The van der Waals surface area contributed by atoms with E-state index in [0.29, 0.717) is 0 Å². The molecule has 1 saturated heterocycles. The lowest BCUT2D eigenvalue weighted by molar-refractivity contribution is 0.0368. The fraction of sp³-hybridized carbons (Fsp3) is 0.727. The molecule has 0 N–H and O–H groups in total. The number of aromatic nitrogens is 2. The number of aryl methyl sites for hydroxylation is 2. The molecule has 1 aromatic heterocycles. The van der Waals surface area contributed by atoms with Crippen molar-refractivity contribution in [1.29, 1.82) is 0 Å². The molecule has 0 bridgehead atoms. The van der Waals surface area contributed by atoms with E-state index in [1.807, 2.05) is 6.20 Å². The predicted molar refractivity (Wildman–Crippen MR) is 58.8 cm³/mol. The summed E-state index contributed by atoms with van der Waals surface area (Å²) in [6, 6.07) is 2.05. The molecule has 0 aliphatic carbocycles. The minimum absolute atomic E-state index is 0.890. The number of ether oxygens (including phenoxy) is 1. The number of rotatable bonds is 4. The van der Waals surface area contributed by atoms with Gasteiger partial charge in [0.15, 0.2) is 0 Å². The fourth-order valence-electron chi connectivity index (χ4n) is 1.90. The molecule has 0 spiro atoms. The number of morpholine rings is 1. The molecule has 1 aromatic rings. The third-order valence-electron chi connectivity index (χ3n) is 2.88. The van der Waals surface area contributed by atoms with Crippen molar-refractivity contribution in [2.75, 3.05) is 32.8 Å². The van der Waals surface area contributed by atoms with Crippen molar-refractivity contribution in [2.24, 2.45) is 0 Å². The van der Waals surface area contributed by atoms with Crippen molar-refractivity contribution in [3.8, 4) is 0 Å². The molecule has 84 valence electrons. The van der Waals surface area contributed by atoms with Crippen LogP contribution in [0.3, 0.4) is 0 Å². The Kier molecular flexibility index (Phi) is 3.75. The molecule has 15 heavy (non-hydrogen) atoms. The number of hydrogen-bond donors (Lipinski definition) is 0. The van der Waals surface area contributed by atoms with E-state index in [4.69, 9.17) is 4.74 Å². The molecule has 0 aromatic carbocycles. The van der Waals surface area contributed by atoms with E-state index >= 15 is 0 Å². The Balaban J connectivity index is 1.68. The van der Waals surface area contributed by atoms with Crippen LogP contribution in [0.5, 0.6) is 0 Å². The van der Waals surface area contributed by atoms with Crippen LogP contribution >= 0.6 is 0 Å². The Hall–Kier alpha value is -0.870. The highest BCUT2D eigenvalue weighted by Gasteiger charge is 2.09. The lowest BCUT2D eigenvalue weighted by Crippen LogP contribution is -2.37. The topological polar surface area (TPSA) is 30.3 Å². The van der Waals surface area contributed by atoms with Gasteiger partial charge in [-0.1, -0.05) is 0 Å². The Morgan fingerprint density at radius 3 is 2.80 bits per heavy atom. The summed E-state index contributed by atoms with van der Waals surface area (Å²) < 4.78 is 7.38. The minimum atomic E-state index is 0.890. The highest BCUT2D eigenvalue weighted by molar-refractivity contribution is 4.96. The highest BCUT2D eigenvalue weighted by atomic mass is 16.5. The molecular formula is C11H19N3O. The minimum Gasteiger partial charge on any atom is -0.379 e. The van der Waals surface area contributed by atoms with E-state index in [0.717, 1.165) is 39.4 Å². The van der Waals surface area contributed by atoms with Crippen LogP contribution < -0.4 is 0 Å². The van der Waals surface area contributed by atoms with Gasteiger partial charge in [-0.25, -0.2) is 0 Å². The fourth-order valence-corrected chi connectivity index (χ4v) is 1.90. The zero-order valence-electron chi connectivity index (χ0n) is 9.35. The normalized spacial score (nSPS) is 18.2. The van der Waals surface area contributed by atoms with Gasteiger partial charge < -0.3 is 4.74 Å². The predicted octanol–water partition coefficient (Wildman–Crippen LogP) is 0.914. The van der Waals surface area contributed by atoms with Gasteiger partial charge in [0.05, 0.1) is 13.2 Å². The van der Waals surface area contributed by atoms with Gasteiger partial charge in [0.1, 0.15) is 0 Å². The van der Waals surface area contributed by atoms with Crippen LogP contribution in [-0.2, 0) is 11.3 Å². The molecule has 0 radical (unpaired) electrons. The van der Waals surface area contributed by atoms with Gasteiger partial charge in [-0.2, -0.15) is 5.10 Å². The lowest BCUT2D eigenvalue weighted by atomic mass is 10.3. The van der Waals surface area contributed by atoms with Gasteiger partial charge in [-0.05, 0) is 19.4 Å². The van der Waals surface area contributed by atoms with Crippen molar-refractivity contribution < 1.29 is 4.74 Å². The second-order valence-corrected chi connectivity index (χ2v) is 4.00. The standard InChI is InChI=1S/C11H19N3O/c1-11-3-4-12-14(11)6-2-5-13-7-9-15-10-8-13/h3-4H,2,5-10H2,1H3. The Labute approximate surface area is 90.8 Å². The van der Waals surface area contributed by atoms with Crippen LogP contribution in [0.15, 0.2) is 12.3 Å². The van der Waals surface area contributed by atoms with E-state index in [-0.39, 0.29) is 0 Å². The molecule has 1 fully saturated rings. The molecule has 2 rings (SSSR count). The van der Waals surface area contributed by atoms with Crippen LogP contribution in [0.25, 0.3) is 0 Å². The SMILES string of the molecule is Cc1ccnn1CCCN1CCOCC1. The maximum absolute atomic E-state index is 5.31. The molecule has 2 heterocycles. The first kappa shape index (κ1) is 10.6. The van der Waals surface area contributed by atoms with E-state index < -0.39 is 0 Å². The molecule has 0 unspecified atom stereocenters. The Morgan fingerprint density at radius 1 is 1.33 bits per heavy atom. The van der Waals surface area contributed by atoms with Crippen molar-refractivity contribution in [3.05, 3.63) is 18.0 Å². The van der Waals surface area contributed by atoms with E-state index in [2.05, 4.69) is 27.7 Å². The summed E-state index contributed by atoms with van der Waals surface area (Å²) in [5, 5.41) is 4.27. The van der Waals surface area contributed by atoms with Gasteiger partial charge in [0, 0.05) is 38.1 Å². The zero-order valence-corrected chi connectivity index (χ0v) is 9.35. The summed E-state index contributed by atoms with van der Waals surface area (Å²) in [7, 11) is 0. The average Bonchev–Trinajstić information content (AvgIpc) is 2.66. The van der Waals surface area contributed by atoms with Crippen molar-refractivity contribution in [1.82, 2.24) is 14.7 Å². The van der Waals surface area contributed by atoms with Crippen LogP contribution in [0.2, 0.25) is 0 Å². The first-order valence-corrected chi connectivity index (χ1v) is 5.65. The first-order chi connectivity index (χ1) is 7.36. The highest BCUT2D eigenvalue weighted by Crippen LogP contribution is 2.01. The third kappa shape index (κ3) is 3.04. The monoisotopic (exact) mass is 209 g/mol. The Bertz CT molecular complexity index is 292. The summed E-state index contributed by atoms with van der Waals surface area (Å²) >= 11 is 0. The second-order valence-electron chi connectivity index (χ2n) is 4.00. The van der Waals surface area contributed by atoms with Crippen molar-refractivity contribution in [2.45, 2.75) is 19.9 Å². The second kappa shape index (κ2) is 5.28. The average molecular weight is 209 g/mol. The van der Waals surface area contributed by atoms with Crippen molar-refractivity contribution in [3.63, 3.8) is 0 Å². The molecule has 1 aliphatic heterocycles. The quantitative estimate of drug-likeness (QED) is 0.738. The third-order valence-corrected chi connectivity index (χ3v) is 2.88. The van der Waals surface area contributed by atoms with Gasteiger partial charge in [-0.3, -0.25) is 9.58 Å². The van der Waals surface area contributed by atoms with Gasteiger partial charge in [-0.15, -0.1) is 0 Å². The van der Waals surface area contributed by atoms with Crippen LogP contribution in [0, 0.1) is 6.92 Å². The maximum Gasteiger partial charge on any atom is 0.0594 e. The largest absolute Gasteiger partial charge is 0.379 e. The molecule has 4 heteroatoms. The summed E-state index contributed by atoms with van der Waals surface area (Å²) in [5.74, 6) is 0.